The Hall–Kier alpha value is -0.320. The molecule has 0 aromatic heterocycles. The minimum atomic E-state index is 0.124. The molecule has 0 amide bonds. The normalized spacial score (nSPS) is 25.0. The first-order valence-electron chi connectivity index (χ1n) is 6.97. The fraction of sp³-hybridized carbons (Fsp3) is 0.600. The second kappa shape index (κ2) is 7.46. The fourth-order valence-corrected chi connectivity index (χ4v) is 5.60. The largest absolute Gasteiger partial charge is 0.494 e. The highest BCUT2D eigenvalue weighted by Gasteiger charge is 2.30. The van der Waals surface area contributed by atoms with Crippen LogP contribution in [-0.2, 0) is 0 Å². The Morgan fingerprint density at radius 3 is 2.53 bits per heavy atom. The van der Waals surface area contributed by atoms with Crippen LogP contribution in [0.2, 0.25) is 0 Å². The van der Waals surface area contributed by atoms with E-state index in [1.54, 1.807) is 0 Å². The van der Waals surface area contributed by atoms with Crippen molar-refractivity contribution in [1.82, 2.24) is 0 Å². The number of benzene rings is 1. The van der Waals surface area contributed by atoms with E-state index in [-0.39, 0.29) is 6.04 Å². The first-order chi connectivity index (χ1) is 9.26. The standard InChI is InChI=1S/C15H23NOS2/c1-3-13-15(19-10-9-18-13)14(16)11-5-7-12(8-6-11)17-4-2/h5-8,13-15H,3-4,9-10,16H2,1-2H3. The minimum Gasteiger partial charge on any atom is -0.494 e. The summed E-state index contributed by atoms with van der Waals surface area (Å²) in [6.07, 6.45) is 1.20. The second-order valence-corrected chi connectivity index (χ2v) is 7.31. The average molecular weight is 297 g/mol. The van der Waals surface area contributed by atoms with Crippen molar-refractivity contribution in [3.63, 3.8) is 0 Å². The van der Waals surface area contributed by atoms with Gasteiger partial charge in [0.25, 0.3) is 0 Å². The van der Waals surface area contributed by atoms with Crippen molar-refractivity contribution < 1.29 is 4.74 Å². The van der Waals surface area contributed by atoms with Crippen LogP contribution in [0.4, 0.5) is 0 Å². The van der Waals surface area contributed by atoms with Gasteiger partial charge >= 0.3 is 0 Å². The maximum absolute atomic E-state index is 6.48. The first kappa shape index (κ1) is 15.1. The third kappa shape index (κ3) is 3.83. The van der Waals surface area contributed by atoms with Gasteiger partial charge in [-0.25, -0.2) is 0 Å². The summed E-state index contributed by atoms with van der Waals surface area (Å²) in [5.41, 5.74) is 7.71. The summed E-state index contributed by atoms with van der Waals surface area (Å²) in [5.74, 6) is 3.41. The van der Waals surface area contributed by atoms with Crippen LogP contribution in [0.25, 0.3) is 0 Å². The molecule has 19 heavy (non-hydrogen) atoms. The van der Waals surface area contributed by atoms with Gasteiger partial charge in [0.2, 0.25) is 0 Å². The van der Waals surface area contributed by atoms with Gasteiger partial charge in [0, 0.05) is 28.0 Å². The van der Waals surface area contributed by atoms with Crippen molar-refractivity contribution in [3.05, 3.63) is 29.8 Å². The van der Waals surface area contributed by atoms with Crippen molar-refractivity contribution in [2.75, 3.05) is 18.1 Å². The molecule has 0 saturated carbocycles. The molecule has 4 heteroatoms. The Labute approximate surface area is 124 Å². The second-order valence-electron chi connectivity index (χ2n) is 4.68. The summed E-state index contributed by atoms with van der Waals surface area (Å²) >= 11 is 4.12. The van der Waals surface area contributed by atoms with Crippen LogP contribution in [0.3, 0.4) is 0 Å². The molecule has 1 fully saturated rings. The zero-order valence-corrected chi connectivity index (χ0v) is 13.3. The molecule has 1 aromatic carbocycles. The molecule has 1 aromatic rings. The van der Waals surface area contributed by atoms with Crippen LogP contribution in [0.1, 0.15) is 31.9 Å². The van der Waals surface area contributed by atoms with Crippen LogP contribution in [0, 0.1) is 0 Å². The van der Waals surface area contributed by atoms with Crippen molar-refractivity contribution in [1.29, 1.82) is 0 Å². The van der Waals surface area contributed by atoms with E-state index in [1.807, 2.05) is 30.8 Å². The molecular weight excluding hydrogens is 274 g/mol. The number of hydrogen-bond donors (Lipinski definition) is 1. The molecule has 3 atom stereocenters. The zero-order valence-electron chi connectivity index (χ0n) is 11.7. The number of rotatable bonds is 5. The predicted molar refractivity (Wildman–Crippen MR) is 87.3 cm³/mol. The zero-order chi connectivity index (χ0) is 13.7. The molecule has 2 N–H and O–H groups in total. The summed E-state index contributed by atoms with van der Waals surface area (Å²) in [6, 6.07) is 8.41. The highest BCUT2D eigenvalue weighted by atomic mass is 32.2. The quantitative estimate of drug-likeness (QED) is 0.898. The Bertz CT molecular complexity index is 382. The number of ether oxygens (including phenoxy) is 1. The monoisotopic (exact) mass is 297 g/mol. The topological polar surface area (TPSA) is 35.2 Å². The molecule has 1 saturated heterocycles. The molecule has 1 aliphatic heterocycles. The van der Waals surface area contributed by atoms with Gasteiger partial charge in [0.1, 0.15) is 5.75 Å². The van der Waals surface area contributed by atoms with Gasteiger partial charge in [0.05, 0.1) is 6.61 Å². The Kier molecular flexibility index (Phi) is 5.92. The minimum absolute atomic E-state index is 0.124. The Balaban J connectivity index is 2.06. The van der Waals surface area contributed by atoms with Crippen LogP contribution in [-0.4, -0.2) is 28.6 Å². The molecule has 0 spiro atoms. The average Bonchev–Trinajstić information content (AvgIpc) is 2.47. The van der Waals surface area contributed by atoms with E-state index in [9.17, 15) is 0 Å². The van der Waals surface area contributed by atoms with E-state index in [1.165, 1.54) is 23.5 Å². The molecule has 106 valence electrons. The van der Waals surface area contributed by atoms with Gasteiger partial charge in [-0.3, -0.25) is 0 Å². The smallest absolute Gasteiger partial charge is 0.119 e. The van der Waals surface area contributed by atoms with E-state index >= 15 is 0 Å². The van der Waals surface area contributed by atoms with Gasteiger partial charge in [-0.2, -0.15) is 23.5 Å². The molecule has 0 radical (unpaired) electrons. The number of thioether (sulfide) groups is 2. The molecular formula is C15H23NOS2. The predicted octanol–water partition coefficient (Wildman–Crippen LogP) is 3.71. The summed E-state index contributed by atoms with van der Waals surface area (Å²) in [6.45, 7) is 4.97. The van der Waals surface area contributed by atoms with E-state index in [4.69, 9.17) is 10.5 Å². The number of hydrogen-bond acceptors (Lipinski definition) is 4. The van der Waals surface area contributed by atoms with Gasteiger partial charge < -0.3 is 10.5 Å². The van der Waals surface area contributed by atoms with Crippen molar-refractivity contribution in [3.8, 4) is 5.75 Å². The first-order valence-corrected chi connectivity index (χ1v) is 9.07. The lowest BCUT2D eigenvalue weighted by atomic mass is 10.0. The molecule has 3 unspecified atom stereocenters. The molecule has 1 heterocycles. The molecule has 0 bridgehead atoms. The SMILES string of the molecule is CCOc1ccc(C(N)C2SCCSC2CC)cc1. The van der Waals surface area contributed by atoms with E-state index < -0.39 is 0 Å². The summed E-state index contributed by atoms with van der Waals surface area (Å²) in [5, 5.41) is 1.21. The molecule has 2 rings (SSSR count). The lowest BCUT2D eigenvalue weighted by Crippen LogP contribution is -2.35. The van der Waals surface area contributed by atoms with Crippen molar-refractivity contribution in [2.45, 2.75) is 36.8 Å². The molecule has 1 aliphatic rings. The summed E-state index contributed by atoms with van der Waals surface area (Å²) in [7, 11) is 0. The van der Waals surface area contributed by atoms with Gasteiger partial charge in [-0.15, -0.1) is 0 Å². The Morgan fingerprint density at radius 1 is 1.21 bits per heavy atom. The lowest BCUT2D eigenvalue weighted by molar-refractivity contribution is 0.340. The molecule has 0 aliphatic carbocycles. The fourth-order valence-electron chi connectivity index (χ4n) is 2.41. The van der Waals surface area contributed by atoms with Gasteiger partial charge in [-0.1, -0.05) is 19.1 Å². The van der Waals surface area contributed by atoms with E-state index in [0.717, 1.165) is 5.75 Å². The summed E-state index contributed by atoms with van der Waals surface area (Å²) < 4.78 is 5.48. The van der Waals surface area contributed by atoms with E-state index in [2.05, 4.69) is 30.8 Å². The molecule has 2 nitrogen and oxygen atoms in total. The van der Waals surface area contributed by atoms with Crippen molar-refractivity contribution in [2.24, 2.45) is 5.73 Å². The lowest BCUT2D eigenvalue weighted by Gasteiger charge is -2.34. The van der Waals surface area contributed by atoms with Gasteiger partial charge in [-0.05, 0) is 31.0 Å². The van der Waals surface area contributed by atoms with E-state index in [0.29, 0.717) is 17.1 Å². The van der Waals surface area contributed by atoms with Crippen molar-refractivity contribution >= 4 is 23.5 Å². The van der Waals surface area contributed by atoms with Crippen LogP contribution in [0.15, 0.2) is 24.3 Å². The third-order valence-corrected chi connectivity index (χ3v) is 6.80. The van der Waals surface area contributed by atoms with Crippen LogP contribution < -0.4 is 10.5 Å². The van der Waals surface area contributed by atoms with Crippen LogP contribution >= 0.6 is 23.5 Å². The van der Waals surface area contributed by atoms with Crippen LogP contribution in [0.5, 0.6) is 5.75 Å². The maximum Gasteiger partial charge on any atom is 0.119 e. The highest BCUT2D eigenvalue weighted by Crippen LogP contribution is 2.39. The highest BCUT2D eigenvalue weighted by molar-refractivity contribution is 8.07. The number of nitrogens with two attached hydrogens (primary N) is 1. The maximum atomic E-state index is 6.48. The van der Waals surface area contributed by atoms with Gasteiger partial charge in [0.15, 0.2) is 0 Å². The summed E-state index contributed by atoms with van der Waals surface area (Å²) in [4.78, 5) is 0. The third-order valence-electron chi connectivity index (χ3n) is 3.42. The Morgan fingerprint density at radius 2 is 1.89 bits per heavy atom.